The van der Waals surface area contributed by atoms with Gasteiger partial charge in [0.15, 0.2) is 17.3 Å². The molecule has 8 heteroatoms. The molecular formula is C13H14N4O4. The van der Waals surface area contributed by atoms with Crippen molar-refractivity contribution in [2.24, 2.45) is 0 Å². The first-order valence-corrected chi connectivity index (χ1v) is 6.62. The van der Waals surface area contributed by atoms with E-state index in [1.165, 1.54) is 0 Å². The van der Waals surface area contributed by atoms with Crippen LogP contribution in [0.15, 0.2) is 18.2 Å². The number of carboxylic acids is 1. The van der Waals surface area contributed by atoms with Crippen LogP contribution in [0, 0.1) is 0 Å². The molecule has 0 bridgehead atoms. The molecule has 21 heavy (non-hydrogen) atoms. The third-order valence-electron chi connectivity index (χ3n) is 3.09. The van der Waals surface area contributed by atoms with E-state index in [1.54, 1.807) is 4.68 Å². The van der Waals surface area contributed by atoms with Crippen molar-refractivity contribution in [2.45, 2.75) is 19.4 Å². The van der Waals surface area contributed by atoms with Crippen molar-refractivity contribution in [3.8, 4) is 22.9 Å². The molecule has 0 saturated heterocycles. The molecule has 0 amide bonds. The molecule has 1 aromatic heterocycles. The lowest BCUT2D eigenvalue weighted by Gasteiger charge is -2.18. The zero-order chi connectivity index (χ0) is 14.7. The second kappa shape index (κ2) is 5.78. The molecule has 0 atom stereocenters. The molecule has 0 spiro atoms. The largest absolute Gasteiger partial charge is 0.486 e. The van der Waals surface area contributed by atoms with E-state index in [0.717, 1.165) is 5.56 Å². The predicted octanol–water partition coefficient (Wildman–Crippen LogP) is 0.976. The number of tetrazole rings is 1. The predicted molar refractivity (Wildman–Crippen MR) is 71.1 cm³/mol. The number of benzene rings is 1. The molecule has 8 nitrogen and oxygen atoms in total. The Hall–Kier alpha value is -2.64. The quantitative estimate of drug-likeness (QED) is 0.876. The van der Waals surface area contributed by atoms with E-state index in [1.807, 2.05) is 18.2 Å². The molecule has 1 aliphatic heterocycles. The molecule has 2 heterocycles. The van der Waals surface area contributed by atoms with Crippen LogP contribution in [0.3, 0.4) is 0 Å². The minimum atomic E-state index is -0.830. The average Bonchev–Trinajstić information content (AvgIpc) is 2.95. The van der Waals surface area contributed by atoms with Gasteiger partial charge >= 0.3 is 5.97 Å². The Labute approximate surface area is 120 Å². The number of aliphatic carboxylic acids is 1. The number of aryl methyl sites for hydroxylation is 1. The lowest BCUT2D eigenvalue weighted by atomic mass is 10.2. The van der Waals surface area contributed by atoms with Gasteiger partial charge < -0.3 is 14.6 Å². The van der Waals surface area contributed by atoms with E-state index in [-0.39, 0.29) is 6.42 Å². The van der Waals surface area contributed by atoms with Gasteiger partial charge in [0.2, 0.25) is 0 Å². The Kier molecular flexibility index (Phi) is 3.67. The van der Waals surface area contributed by atoms with Crippen LogP contribution in [-0.2, 0) is 11.3 Å². The van der Waals surface area contributed by atoms with Crippen LogP contribution < -0.4 is 9.47 Å². The Balaban J connectivity index is 1.80. The number of hydrogen-bond donors (Lipinski definition) is 1. The average molecular weight is 290 g/mol. The normalized spacial score (nSPS) is 13.1. The topological polar surface area (TPSA) is 99.4 Å². The van der Waals surface area contributed by atoms with Crippen molar-refractivity contribution < 1.29 is 19.4 Å². The van der Waals surface area contributed by atoms with Gasteiger partial charge in [0.1, 0.15) is 13.2 Å². The first kappa shape index (κ1) is 13.3. The van der Waals surface area contributed by atoms with Crippen LogP contribution in [0.2, 0.25) is 0 Å². The second-order valence-corrected chi connectivity index (χ2v) is 4.58. The van der Waals surface area contributed by atoms with E-state index < -0.39 is 5.97 Å². The van der Waals surface area contributed by atoms with Crippen LogP contribution in [0.4, 0.5) is 0 Å². The van der Waals surface area contributed by atoms with Crippen LogP contribution in [-0.4, -0.2) is 44.5 Å². The van der Waals surface area contributed by atoms with Crippen LogP contribution in [0.5, 0.6) is 11.5 Å². The number of hydrogen-bond acceptors (Lipinski definition) is 6. The highest BCUT2D eigenvalue weighted by Gasteiger charge is 2.15. The van der Waals surface area contributed by atoms with Gasteiger partial charge in [0.25, 0.3) is 0 Å². The molecule has 0 radical (unpaired) electrons. The Morgan fingerprint density at radius 1 is 1.29 bits per heavy atom. The molecule has 3 rings (SSSR count). The summed E-state index contributed by atoms with van der Waals surface area (Å²) in [6, 6.07) is 5.50. The van der Waals surface area contributed by atoms with Crippen molar-refractivity contribution in [2.75, 3.05) is 13.2 Å². The minimum Gasteiger partial charge on any atom is -0.486 e. The molecule has 0 unspecified atom stereocenters. The Morgan fingerprint density at radius 3 is 2.90 bits per heavy atom. The maximum atomic E-state index is 10.6. The summed E-state index contributed by atoms with van der Waals surface area (Å²) in [5.41, 5.74) is 0.805. The number of rotatable bonds is 5. The van der Waals surface area contributed by atoms with Crippen molar-refractivity contribution >= 4 is 5.97 Å². The molecule has 0 fully saturated rings. The number of nitrogens with zero attached hydrogens (tertiary/aromatic N) is 4. The maximum absolute atomic E-state index is 10.6. The summed E-state index contributed by atoms with van der Waals surface area (Å²) >= 11 is 0. The Bertz CT molecular complexity index is 655. The second-order valence-electron chi connectivity index (χ2n) is 4.58. The molecule has 110 valence electrons. The summed E-state index contributed by atoms with van der Waals surface area (Å²) in [6.45, 7) is 1.50. The molecule has 1 N–H and O–H groups in total. The van der Waals surface area contributed by atoms with E-state index in [9.17, 15) is 4.79 Å². The first-order valence-electron chi connectivity index (χ1n) is 6.62. The number of ether oxygens (including phenoxy) is 2. The third-order valence-corrected chi connectivity index (χ3v) is 3.09. The van der Waals surface area contributed by atoms with Gasteiger partial charge in [-0.3, -0.25) is 4.79 Å². The van der Waals surface area contributed by atoms with Gasteiger partial charge in [0, 0.05) is 18.5 Å². The van der Waals surface area contributed by atoms with Gasteiger partial charge in [-0.2, -0.15) is 0 Å². The molecule has 1 aromatic carbocycles. The molecule has 0 aliphatic carbocycles. The fourth-order valence-electron chi connectivity index (χ4n) is 2.12. The summed E-state index contributed by atoms with van der Waals surface area (Å²) in [7, 11) is 0. The monoisotopic (exact) mass is 290 g/mol. The molecular weight excluding hydrogens is 276 g/mol. The fourth-order valence-corrected chi connectivity index (χ4v) is 2.12. The highest BCUT2D eigenvalue weighted by Crippen LogP contribution is 2.33. The van der Waals surface area contributed by atoms with Crippen LogP contribution >= 0.6 is 0 Å². The van der Waals surface area contributed by atoms with Gasteiger partial charge in [-0.15, -0.1) is 5.10 Å². The van der Waals surface area contributed by atoms with Gasteiger partial charge in [-0.25, -0.2) is 4.68 Å². The molecule has 1 aliphatic rings. The van der Waals surface area contributed by atoms with E-state index in [2.05, 4.69) is 15.5 Å². The summed E-state index contributed by atoms with van der Waals surface area (Å²) in [5.74, 6) is 1.12. The van der Waals surface area contributed by atoms with Crippen molar-refractivity contribution in [3.05, 3.63) is 18.2 Å². The number of aromatic nitrogens is 4. The number of carbonyl (C=O) groups is 1. The van der Waals surface area contributed by atoms with E-state index in [4.69, 9.17) is 14.6 Å². The van der Waals surface area contributed by atoms with Crippen molar-refractivity contribution in [1.82, 2.24) is 20.2 Å². The first-order chi connectivity index (χ1) is 10.2. The van der Waals surface area contributed by atoms with E-state index in [0.29, 0.717) is 43.5 Å². The van der Waals surface area contributed by atoms with Gasteiger partial charge in [-0.05, 0) is 35.0 Å². The third kappa shape index (κ3) is 2.93. The van der Waals surface area contributed by atoms with Gasteiger partial charge in [-0.1, -0.05) is 0 Å². The SMILES string of the molecule is O=C(O)CCCn1nnnc1-c1ccc2c(c1)OCCO2. The minimum absolute atomic E-state index is 0.0838. The summed E-state index contributed by atoms with van der Waals surface area (Å²) < 4.78 is 12.6. The number of carboxylic acid groups (broad SMARTS) is 1. The molecule has 2 aromatic rings. The smallest absolute Gasteiger partial charge is 0.303 e. The number of fused-ring (bicyclic) bond motifs is 1. The van der Waals surface area contributed by atoms with Crippen LogP contribution in [0.1, 0.15) is 12.8 Å². The van der Waals surface area contributed by atoms with Crippen molar-refractivity contribution in [3.63, 3.8) is 0 Å². The van der Waals surface area contributed by atoms with Gasteiger partial charge in [0.05, 0.1) is 0 Å². The molecule has 0 saturated carbocycles. The summed E-state index contributed by atoms with van der Waals surface area (Å²) in [4.78, 5) is 10.6. The fraction of sp³-hybridized carbons (Fsp3) is 0.385. The summed E-state index contributed by atoms with van der Waals surface area (Å²) in [6.07, 6.45) is 0.554. The lowest BCUT2D eigenvalue weighted by molar-refractivity contribution is -0.137. The zero-order valence-electron chi connectivity index (χ0n) is 11.2. The van der Waals surface area contributed by atoms with Crippen molar-refractivity contribution in [1.29, 1.82) is 0 Å². The highest BCUT2D eigenvalue weighted by atomic mass is 16.6. The van der Waals surface area contributed by atoms with E-state index >= 15 is 0 Å². The Morgan fingerprint density at radius 2 is 2.10 bits per heavy atom. The maximum Gasteiger partial charge on any atom is 0.303 e. The highest BCUT2D eigenvalue weighted by molar-refractivity contribution is 5.66. The zero-order valence-corrected chi connectivity index (χ0v) is 11.2. The summed E-state index contributed by atoms with van der Waals surface area (Å²) in [5, 5.41) is 20.2. The van der Waals surface area contributed by atoms with Crippen LogP contribution in [0.25, 0.3) is 11.4 Å². The lowest BCUT2D eigenvalue weighted by Crippen LogP contribution is -2.15. The standard InChI is InChI=1S/C13H14N4O4/c18-12(19)2-1-5-17-13(14-15-16-17)9-3-4-10-11(8-9)21-7-6-20-10/h3-4,8H,1-2,5-7H2,(H,18,19).